The molecule has 31 heavy (non-hydrogen) atoms. The zero-order valence-electron chi connectivity index (χ0n) is 17.8. The Morgan fingerprint density at radius 2 is 1.77 bits per heavy atom. The molecule has 2 aliphatic heterocycles. The van der Waals surface area contributed by atoms with Crippen LogP contribution in [0.1, 0.15) is 34.8 Å². The maximum Gasteiger partial charge on any atom is 0.255 e. The van der Waals surface area contributed by atoms with Crippen LogP contribution in [-0.2, 0) is 9.53 Å². The first-order chi connectivity index (χ1) is 15.2. The summed E-state index contributed by atoms with van der Waals surface area (Å²) in [6, 6.07) is 13.7. The van der Waals surface area contributed by atoms with E-state index in [2.05, 4.69) is 27.3 Å². The van der Waals surface area contributed by atoms with Crippen molar-refractivity contribution in [2.75, 3.05) is 45.9 Å². The average Bonchev–Trinajstić information content (AvgIpc) is 2.85. The summed E-state index contributed by atoms with van der Waals surface area (Å²) in [7, 11) is 0. The lowest BCUT2D eigenvalue weighted by Gasteiger charge is -2.34. The monoisotopic (exact) mass is 422 g/mol. The van der Waals surface area contributed by atoms with Gasteiger partial charge in [0, 0.05) is 51.0 Å². The maximum absolute atomic E-state index is 13.1. The van der Waals surface area contributed by atoms with E-state index < -0.39 is 0 Å². The molecule has 0 unspecified atom stereocenters. The second kappa shape index (κ2) is 10.5. The number of nitrogens with zero attached hydrogens (tertiary/aromatic N) is 3. The molecule has 4 rings (SSSR count). The van der Waals surface area contributed by atoms with Crippen LogP contribution < -0.4 is 5.32 Å². The van der Waals surface area contributed by atoms with Gasteiger partial charge in [-0.25, -0.2) is 0 Å². The summed E-state index contributed by atoms with van der Waals surface area (Å²) < 4.78 is 5.46. The van der Waals surface area contributed by atoms with E-state index in [9.17, 15) is 9.59 Å². The van der Waals surface area contributed by atoms with Crippen LogP contribution in [0.5, 0.6) is 0 Å². The van der Waals surface area contributed by atoms with Gasteiger partial charge >= 0.3 is 0 Å². The lowest BCUT2D eigenvalue weighted by Crippen LogP contribution is -2.46. The van der Waals surface area contributed by atoms with Gasteiger partial charge < -0.3 is 15.0 Å². The van der Waals surface area contributed by atoms with Crippen LogP contribution in [-0.4, -0.2) is 72.5 Å². The number of aromatic nitrogens is 1. The van der Waals surface area contributed by atoms with Crippen molar-refractivity contribution in [2.24, 2.45) is 5.92 Å². The molecular formula is C24H30N4O3. The zero-order valence-corrected chi connectivity index (χ0v) is 17.8. The fraction of sp³-hybridized carbons (Fsp3) is 0.458. The predicted molar refractivity (Wildman–Crippen MR) is 117 cm³/mol. The lowest BCUT2D eigenvalue weighted by atomic mass is 9.94. The quantitative estimate of drug-likeness (QED) is 0.772. The van der Waals surface area contributed by atoms with Crippen LogP contribution in [0.15, 0.2) is 54.9 Å². The number of amides is 2. The van der Waals surface area contributed by atoms with Gasteiger partial charge in [0.2, 0.25) is 5.91 Å². The van der Waals surface area contributed by atoms with Gasteiger partial charge in [0.05, 0.1) is 24.8 Å². The molecule has 7 nitrogen and oxygen atoms in total. The summed E-state index contributed by atoms with van der Waals surface area (Å²) in [5.41, 5.74) is 1.71. The number of nitrogens with one attached hydrogen (secondary N) is 1. The number of rotatable bonds is 6. The number of piperidine rings is 1. The molecule has 2 fully saturated rings. The predicted octanol–water partition coefficient (Wildman–Crippen LogP) is 2.12. The lowest BCUT2D eigenvalue weighted by molar-refractivity contribution is -0.127. The standard InChI is InChI=1S/C24H30N4O3/c29-23(20-8-11-28(12-9-20)24(30)21-7-4-10-25-17-21)26-22(19-5-2-1-3-6-19)18-27-13-15-31-16-14-27/h1-7,10,17,20,22H,8-9,11-16,18H2,(H,26,29)/t22-/m0/s1. The molecule has 1 aromatic carbocycles. The third-order valence-electron chi connectivity index (χ3n) is 6.12. The molecule has 7 heteroatoms. The largest absolute Gasteiger partial charge is 0.379 e. The summed E-state index contributed by atoms with van der Waals surface area (Å²) in [5, 5.41) is 3.29. The number of likely N-dealkylation sites (tertiary alicyclic amines) is 1. The van der Waals surface area contributed by atoms with Crippen LogP contribution in [0.4, 0.5) is 0 Å². The normalized spacial score (nSPS) is 19.0. The molecule has 1 atom stereocenters. The van der Waals surface area contributed by atoms with Gasteiger partial charge in [-0.2, -0.15) is 0 Å². The second-order valence-electron chi connectivity index (χ2n) is 8.19. The number of carbonyl (C=O) groups is 2. The first kappa shape index (κ1) is 21.5. The molecule has 0 aliphatic carbocycles. The van der Waals surface area contributed by atoms with Gasteiger partial charge in [0.25, 0.3) is 5.91 Å². The number of carbonyl (C=O) groups excluding carboxylic acids is 2. The summed E-state index contributed by atoms with van der Waals surface area (Å²) in [5.74, 6) is -0.00845. The van der Waals surface area contributed by atoms with Crippen molar-refractivity contribution in [1.82, 2.24) is 20.1 Å². The van der Waals surface area contributed by atoms with E-state index in [0.717, 1.165) is 38.4 Å². The second-order valence-corrected chi connectivity index (χ2v) is 8.19. The van der Waals surface area contributed by atoms with E-state index in [-0.39, 0.29) is 23.8 Å². The van der Waals surface area contributed by atoms with E-state index >= 15 is 0 Å². The Morgan fingerprint density at radius 1 is 1.03 bits per heavy atom. The highest BCUT2D eigenvalue weighted by molar-refractivity contribution is 5.94. The smallest absolute Gasteiger partial charge is 0.255 e. The topological polar surface area (TPSA) is 74.8 Å². The van der Waals surface area contributed by atoms with Gasteiger partial charge in [0.15, 0.2) is 0 Å². The zero-order chi connectivity index (χ0) is 21.5. The summed E-state index contributed by atoms with van der Waals surface area (Å²) in [6.45, 7) is 5.19. The molecule has 164 valence electrons. The van der Waals surface area contributed by atoms with E-state index in [1.54, 1.807) is 24.5 Å². The summed E-state index contributed by atoms with van der Waals surface area (Å²) in [4.78, 5) is 33.9. The average molecular weight is 423 g/mol. The van der Waals surface area contributed by atoms with Crippen LogP contribution in [0.3, 0.4) is 0 Å². The Morgan fingerprint density at radius 3 is 2.45 bits per heavy atom. The maximum atomic E-state index is 13.1. The fourth-order valence-electron chi connectivity index (χ4n) is 4.27. The van der Waals surface area contributed by atoms with Crippen molar-refractivity contribution in [3.63, 3.8) is 0 Å². The van der Waals surface area contributed by atoms with Gasteiger partial charge in [-0.05, 0) is 30.5 Å². The molecule has 0 bridgehead atoms. The molecule has 0 spiro atoms. The van der Waals surface area contributed by atoms with E-state index in [1.807, 2.05) is 23.1 Å². The van der Waals surface area contributed by atoms with Crippen molar-refractivity contribution in [3.05, 3.63) is 66.0 Å². The molecule has 2 aliphatic rings. The van der Waals surface area contributed by atoms with Crippen molar-refractivity contribution in [1.29, 1.82) is 0 Å². The summed E-state index contributed by atoms with van der Waals surface area (Å²) in [6.07, 6.45) is 4.61. The number of ether oxygens (including phenoxy) is 1. The Balaban J connectivity index is 1.35. The van der Waals surface area contributed by atoms with Crippen LogP contribution in [0.25, 0.3) is 0 Å². The molecule has 1 aromatic heterocycles. The van der Waals surface area contributed by atoms with Crippen molar-refractivity contribution in [2.45, 2.75) is 18.9 Å². The van der Waals surface area contributed by atoms with E-state index in [1.165, 1.54) is 0 Å². The Kier molecular flexibility index (Phi) is 7.27. The van der Waals surface area contributed by atoms with Gasteiger partial charge in [-0.15, -0.1) is 0 Å². The third kappa shape index (κ3) is 5.68. The molecule has 2 aromatic rings. The number of pyridine rings is 1. The SMILES string of the molecule is O=C(N[C@@H](CN1CCOCC1)c1ccccc1)C1CCN(C(=O)c2cccnc2)CC1. The first-order valence-corrected chi connectivity index (χ1v) is 11.1. The number of hydrogen-bond acceptors (Lipinski definition) is 5. The van der Waals surface area contributed by atoms with E-state index in [4.69, 9.17) is 4.74 Å². The van der Waals surface area contributed by atoms with Gasteiger partial charge in [0.1, 0.15) is 0 Å². The highest BCUT2D eigenvalue weighted by Crippen LogP contribution is 2.22. The molecule has 2 saturated heterocycles. The van der Waals surface area contributed by atoms with Gasteiger partial charge in [-0.1, -0.05) is 30.3 Å². The van der Waals surface area contributed by atoms with E-state index in [0.29, 0.717) is 31.5 Å². The molecule has 0 saturated carbocycles. The number of benzene rings is 1. The fourth-order valence-corrected chi connectivity index (χ4v) is 4.27. The minimum Gasteiger partial charge on any atom is -0.379 e. The van der Waals surface area contributed by atoms with Crippen LogP contribution >= 0.6 is 0 Å². The molecule has 2 amide bonds. The Bertz CT molecular complexity index is 848. The molecular weight excluding hydrogens is 392 g/mol. The van der Waals surface area contributed by atoms with Gasteiger partial charge in [-0.3, -0.25) is 19.5 Å². The van der Waals surface area contributed by atoms with Crippen molar-refractivity contribution < 1.29 is 14.3 Å². The number of hydrogen-bond donors (Lipinski definition) is 1. The van der Waals surface area contributed by atoms with Crippen molar-refractivity contribution in [3.8, 4) is 0 Å². The van der Waals surface area contributed by atoms with Crippen LogP contribution in [0.2, 0.25) is 0 Å². The highest BCUT2D eigenvalue weighted by Gasteiger charge is 2.30. The molecule has 0 radical (unpaired) electrons. The first-order valence-electron chi connectivity index (χ1n) is 11.1. The molecule has 1 N–H and O–H groups in total. The highest BCUT2D eigenvalue weighted by atomic mass is 16.5. The minimum absolute atomic E-state index is 0.0126. The minimum atomic E-state index is -0.0751. The third-order valence-corrected chi connectivity index (χ3v) is 6.12. The number of morpholine rings is 1. The summed E-state index contributed by atoms with van der Waals surface area (Å²) >= 11 is 0. The molecule has 3 heterocycles. The van der Waals surface area contributed by atoms with Crippen molar-refractivity contribution >= 4 is 11.8 Å². The van der Waals surface area contributed by atoms with Crippen LogP contribution in [0, 0.1) is 5.92 Å². The Labute approximate surface area is 183 Å². The Hall–Kier alpha value is -2.77.